The number of piperidine rings is 1. The van der Waals surface area contributed by atoms with Crippen LogP contribution in [0.1, 0.15) is 58.6 Å². The maximum atomic E-state index is 13.5. The van der Waals surface area contributed by atoms with E-state index in [2.05, 4.69) is 4.57 Å². The van der Waals surface area contributed by atoms with E-state index in [1.54, 1.807) is 12.1 Å². The zero-order chi connectivity index (χ0) is 25.3. The summed E-state index contributed by atoms with van der Waals surface area (Å²) in [7, 11) is 0. The average Bonchev–Trinajstić information content (AvgIpc) is 3.15. The Morgan fingerprint density at radius 2 is 1.58 bits per heavy atom. The topological polar surface area (TPSA) is 34.5 Å². The Kier molecular flexibility index (Phi) is 6.98. The summed E-state index contributed by atoms with van der Waals surface area (Å²) >= 11 is 0. The van der Waals surface area contributed by atoms with Gasteiger partial charge in [-0.25, -0.2) is 8.78 Å². The molecule has 5 rings (SSSR count). The molecule has 36 heavy (non-hydrogen) atoms. The van der Waals surface area contributed by atoms with Crippen LogP contribution in [0.5, 0.6) is 0 Å². The summed E-state index contributed by atoms with van der Waals surface area (Å²) in [6, 6.07) is 15.3. The number of aromatic nitrogens is 1. The summed E-state index contributed by atoms with van der Waals surface area (Å²) in [4.78, 5) is 15.4. The summed E-state index contributed by atoms with van der Waals surface area (Å²) < 4.78 is 35.0. The highest BCUT2D eigenvalue weighted by Gasteiger charge is 2.41. The summed E-state index contributed by atoms with van der Waals surface area (Å²) in [6.45, 7) is 6.71. The number of carbonyl (C=O) groups is 1. The predicted octanol–water partition coefficient (Wildman–Crippen LogP) is 6.08. The Bertz CT molecular complexity index is 1210. The van der Waals surface area contributed by atoms with Gasteiger partial charge in [0.25, 0.3) is 5.91 Å². The van der Waals surface area contributed by atoms with Crippen molar-refractivity contribution in [3.63, 3.8) is 0 Å². The molecule has 6 heteroatoms. The minimum atomic E-state index is -0.248. The van der Waals surface area contributed by atoms with Gasteiger partial charge in [-0.15, -0.1) is 0 Å². The van der Waals surface area contributed by atoms with Crippen LogP contribution in [0.4, 0.5) is 8.78 Å². The van der Waals surface area contributed by atoms with Gasteiger partial charge in [-0.2, -0.15) is 0 Å². The van der Waals surface area contributed by atoms with Crippen LogP contribution in [-0.2, 0) is 17.7 Å². The number of hydrogen-bond acceptors (Lipinski definition) is 2. The first kappa shape index (κ1) is 24.7. The fourth-order valence-corrected chi connectivity index (χ4v) is 5.93. The Labute approximate surface area is 211 Å². The number of halogens is 2. The van der Waals surface area contributed by atoms with E-state index in [1.807, 2.05) is 36.9 Å². The van der Waals surface area contributed by atoms with Crippen LogP contribution in [0, 0.1) is 31.4 Å². The largest absolute Gasteiger partial charge is 0.375 e. The quantitative estimate of drug-likeness (QED) is 0.433. The van der Waals surface area contributed by atoms with Crippen molar-refractivity contribution in [2.45, 2.75) is 58.1 Å². The minimum absolute atomic E-state index is 0.0713. The average molecular weight is 493 g/mol. The molecule has 1 amide bonds. The number of amides is 1. The Morgan fingerprint density at radius 1 is 0.972 bits per heavy atom. The monoisotopic (exact) mass is 492 g/mol. The van der Waals surface area contributed by atoms with Gasteiger partial charge in [0.1, 0.15) is 11.6 Å². The van der Waals surface area contributed by atoms with E-state index in [0.29, 0.717) is 25.6 Å². The third-order valence-corrected chi connectivity index (χ3v) is 8.05. The third-order valence-electron chi connectivity index (χ3n) is 8.05. The lowest BCUT2D eigenvalue weighted by Crippen LogP contribution is -2.51. The fraction of sp³-hybridized carbons (Fsp3) is 0.433. The number of hydrogen-bond donors (Lipinski definition) is 0. The van der Waals surface area contributed by atoms with E-state index in [9.17, 15) is 13.6 Å². The number of ether oxygens (including phenoxy) is 1. The molecule has 0 N–H and O–H groups in total. The van der Waals surface area contributed by atoms with Gasteiger partial charge in [0.2, 0.25) is 0 Å². The van der Waals surface area contributed by atoms with Crippen molar-refractivity contribution in [1.29, 1.82) is 0 Å². The number of carbonyl (C=O) groups excluding carboxylic acids is 1. The predicted molar refractivity (Wildman–Crippen MR) is 136 cm³/mol. The first-order chi connectivity index (χ1) is 17.3. The second-order valence-electron chi connectivity index (χ2n) is 10.5. The van der Waals surface area contributed by atoms with Crippen molar-refractivity contribution < 1.29 is 18.3 Å². The maximum Gasteiger partial charge on any atom is 0.255 e. The second kappa shape index (κ2) is 10.2. The molecule has 1 unspecified atom stereocenters. The van der Waals surface area contributed by atoms with Crippen LogP contribution in [0.25, 0.3) is 0 Å². The lowest BCUT2D eigenvalue weighted by atomic mass is 9.77. The standard InChI is InChI=1S/C30H34F2N2O2/c1-21-17-28(22(2)34(21)20-24-5-9-27(32)10-6-24)29(35)33-14-12-30(13-15-33)19-25(11-16-36-30)18-23-3-7-26(31)8-4-23/h3-10,17,25H,11-16,18-20H2,1-2H3. The molecule has 4 nitrogen and oxygen atoms in total. The summed E-state index contributed by atoms with van der Waals surface area (Å²) in [5.41, 5.74) is 4.70. The van der Waals surface area contributed by atoms with Gasteiger partial charge in [-0.1, -0.05) is 24.3 Å². The zero-order valence-corrected chi connectivity index (χ0v) is 21.1. The second-order valence-corrected chi connectivity index (χ2v) is 10.5. The van der Waals surface area contributed by atoms with Crippen molar-refractivity contribution in [3.05, 3.63) is 94.3 Å². The van der Waals surface area contributed by atoms with Crippen molar-refractivity contribution in [2.24, 2.45) is 5.92 Å². The molecule has 3 aromatic rings. The fourth-order valence-electron chi connectivity index (χ4n) is 5.93. The van der Waals surface area contributed by atoms with E-state index in [1.165, 1.54) is 29.8 Å². The first-order valence-corrected chi connectivity index (χ1v) is 12.9. The van der Waals surface area contributed by atoms with Crippen molar-refractivity contribution >= 4 is 5.91 Å². The normalized spacial score (nSPS) is 19.6. The lowest BCUT2D eigenvalue weighted by Gasteiger charge is -2.46. The van der Waals surface area contributed by atoms with Gasteiger partial charge < -0.3 is 14.2 Å². The molecule has 1 aromatic heterocycles. The van der Waals surface area contributed by atoms with Crippen LogP contribution in [0.15, 0.2) is 54.6 Å². The van der Waals surface area contributed by atoms with Crippen LogP contribution in [0.2, 0.25) is 0 Å². The lowest BCUT2D eigenvalue weighted by molar-refractivity contribution is -0.123. The van der Waals surface area contributed by atoms with E-state index in [0.717, 1.165) is 61.2 Å². The van der Waals surface area contributed by atoms with Gasteiger partial charge in [0.15, 0.2) is 0 Å². The SMILES string of the molecule is Cc1cc(C(=O)N2CCC3(CC2)CC(Cc2ccc(F)cc2)CCO3)c(C)n1Cc1ccc(F)cc1. The highest BCUT2D eigenvalue weighted by Crippen LogP contribution is 2.39. The van der Waals surface area contributed by atoms with Gasteiger partial charge in [-0.3, -0.25) is 4.79 Å². The summed E-state index contributed by atoms with van der Waals surface area (Å²) in [5, 5.41) is 0. The Balaban J connectivity index is 1.22. The van der Waals surface area contributed by atoms with Crippen molar-refractivity contribution in [1.82, 2.24) is 9.47 Å². The number of aryl methyl sites for hydroxylation is 1. The summed E-state index contributed by atoms with van der Waals surface area (Å²) in [5.74, 6) is 0.136. The minimum Gasteiger partial charge on any atom is -0.375 e. The molecular formula is C30H34F2N2O2. The molecule has 2 aliphatic heterocycles. The zero-order valence-electron chi connectivity index (χ0n) is 21.1. The molecule has 190 valence electrons. The molecule has 2 aromatic carbocycles. The molecule has 0 aliphatic carbocycles. The van der Waals surface area contributed by atoms with Crippen LogP contribution in [-0.4, -0.2) is 40.7 Å². The molecule has 2 aliphatic rings. The molecule has 0 radical (unpaired) electrons. The van der Waals surface area contributed by atoms with E-state index < -0.39 is 0 Å². The van der Waals surface area contributed by atoms with Gasteiger partial charge >= 0.3 is 0 Å². The highest BCUT2D eigenvalue weighted by atomic mass is 19.1. The van der Waals surface area contributed by atoms with E-state index >= 15 is 0 Å². The molecule has 1 spiro atoms. The Hall–Kier alpha value is -2.99. The van der Waals surface area contributed by atoms with Crippen LogP contribution >= 0.6 is 0 Å². The van der Waals surface area contributed by atoms with Crippen molar-refractivity contribution in [2.75, 3.05) is 19.7 Å². The molecule has 2 fully saturated rings. The molecule has 0 bridgehead atoms. The third kappa shape index (κ3) is 5.24. The molecule has 2 saturated heterocycles. The number of likely N-dealkylation sites (tertiary alicyclic amines) is 1. The number of rotatable bonds is 5. The van der Waals surface area contributed by atoms with E-state index in [4.69, 9.17) is 4.74 Å². The van der Waals surface area contributed by atoms with Crippen LogP contribution < -0.4 is 0 Å². The number of benzene rings is 2. The highest BCUT2D eigenvalue weighted by molar-refractivity contribution is 5.95. The number of nitrogens with zero attached hydrogens (tertiary/aromatic N) is 2. The first-order valence-electron chi connectivity index (χ1n) is 12.9. The van der Waals surface area contributed by atoms with Crippen molar-refractivity contribution in [3.8, 4) is 0 Å². The summed E-state index contributed by atoms with van der Waals surface area (Å²) in [6.07, 6.45) is 4.62. The van der Waals surface area contributed by atoms with Crippen LogP contribution in [0.3, 0.4) is 0 Å². The molecule has 3 heterocycles. The van der Waals surface area contributed by atoms with Gasteiger partial charge in [-0.05, 0) is 93.3 Å². The Morgan fingerprint density at radius 3 is 2.22 bits per heavy atom. The molecular weight excluding hydrogens is 458 g/mol. The maximum absolute atomic E-state index is 13.5. The molecule has 1 atom stereocenters. The van der Waals surface area contributed by atoms with Gasteiger partial charge in [0, 0.05) is 37.6 Å². The molecule has 0 saturated carbocycles. The smallest absolute Gasteiger partial charge is 0.255 e. The van der Waals surface area contributed by atoms with E-state index in [-0.39, 0.29) is 23.1 Å². The van der Waals surface area contributed by atoms with Gasteiger partial charge in [0.05, 0.1) is 11.2 Å².